The van der Waals surface area contributed by atoms with Gasteiger partial charge in [0.15, 0.2) is 5.82 Å². The minimum atomic E-state index is -0.507. The lowest BCUT2D eigenvalue weighted by Gasteiger charge is -2.06. The summed E-state index contributed by atoms with van der Waals surface area (Å²) in [7, 11) is 0. The van der Waals surface area contributed by atoms with E-state index in [-0.39, 0.29) is 5.69 Å². The van der Waals surface area contributed by atoms with Crippen molar-refractivity contribution >= 4 is 11.0 Å². The fourth-order valence-electron chi connectivity index (χ4n) is 1.25. The average molecular weight is 181 g/mol. The van der Waals surface area contributed by atoms with Crippen LogP contribution in [0.15, 0.2) is 6.07 Å². The number of pyridine rings is 1. The van der Waals surface area contributed by atoms with Crippen LogP contribution in [0.25, 0.3) is 11.0 Å². The lowest BCUT2D eigenvalue weighted by atomic mass is 10.2. The minimum Gasteiger partial charge on any atom is -0.710 e. The van der Waals surface area contributed by atoms with E-state index in [1.54, 1.807) is 6.92 Å². The molecular weight excluding hydrogens is 173 g/mol. The highest BCUT2D eigenvalue weighted by molar-refractivity contribution is 5.74. The molecule has 0 saturated carbocycles. The summed E-state index contributed by atoms with van der Waals surface area (Å²) in [6, 6.07) is 1.32. The second-order valence-electron chi connectivity index (χ2n) is 2.94. The van der Waals surface area contributed by atoms with E-state index in [1.807, 2.05) is 0 Å². The number of H-pyrrole nitrogens is 1. The first-order valence-electron chi connectivity index (χ1n) is 3.84. The minimum absolute atomic E-state index is 0.0520. The summed E-state index contributed by atoms with van der Waals surface area (Å²) in [6.07, 6.45) is 0. The molecule has 0 amide bonds. The molecule has 0 radical (unpaired) electrons. The number of aromatic nitrogens is 3. The van der Waals surface area contributed by atoms with Gasteiger partial charge in [-0.25, -0.2) is 9.12 Å². The Morgan fingerprint density at radius 2 is 2.23 bits per heavy atom. The monoisotopic (exact) mass is 181 g/mol. The van der Waals surface area contributed by atoms with Gasteiger partial charge in [-0.1, -0.05) is 5.10 Å². The van der Waals surface area contributed by atoms with Crippen molar-refractivity contribution in [1.29, 1.82) is 0 Å². The van der Waals surface area contributed by atoms with Crippen molar-refractivity contribution < 1.29 is 9.12 Å². The largest absolute Gasteiger partial charge is 0.710 e. The van der Waals surface area contributed by atoms with E-state index >= 15 is 0 Å². The number of rotatable bonds is 0. The molecule has 68 valence electrons. The predicted octanol–water partition coefficient (Wildman–Crippen LogP) is 0.952. The number of aromatic amines is 1. The normalized spacial score (nSPS) is 11.0. The summed E-state index contributed by atoms with van der Waals surface area (Å²) in [5.74, 6) is -0.507. The van der Waals surface area contributed by atoms with Gasteiger partial charge in [0.05, 0.1) is 11.1 Å². The van der Waals surface area contributed by atoms with E-state index in [2.05, 4.69) is 10.2 Å². The van der Waals surface area contributed by atoms with Crippen LogP contribution in [0, 0.1) is 24.9 Å². The van der Waals surface area contributed by atoms with Gasteiger partial charge < -0.3 is 5.21 Å². The highest BCUT2D eigenvalue weighted by Gasteiger charge is 2.14. The Labute approximate surface area is 73.6 Å². The average Bonchev–Trinajstić information content (AvgIpc) is 2.45. The third kappa shape index (κ3) is 0.965. The van der Waals surface area contributed by atoms with Crippen molar-refractivity contribution in [2.24, 2.45) is 0 Å². The third-order valence-electron chi connectivity index (χ3n) is 2.10. The molecule has 4 nitrogen and oxygen atoms in total. The molecule has 0 fully saturated rings. The van der Waals surface area contributed by atoms with Crippen LogP contribution in [-0.4, -0.2) is 10.2 Å². The predicted molar refractivity (Wildman–Crippen MR) is 44.5 cm³/mol. The van der Waals surface area contributed by atoms with Gasteiger partial charge in [-0.3, -0.25) is 0 Å². The fraction of sp³-hybridized carbons (Fsp3) is 0.250. The molecule has 0 aliphatic carbocycles. The molecule has 0 atom stereocenters. The molecule has 2 aromatic rings. The molecule has 0 aliphatic rings. The molecule has 0 aliphatic heterocycles. The van der Waals surface area contributed by atoms with Crippen LogP contribution in [0.1, 0.15) is 11.4 Å². The van der Waals surface area contributed by atoms with E-state index in [9.17, 15) is 9.60 Å². The Morgan fingerprint density at radius 3 is 2.92 bits per heavy atom. The molecule has 0 unspecified atom stereocenters. The Bertz CT molecular complexity index is 478. The van der Waals surface area contributed by atoms with Crippen LogP contribution in [0.3, 0.4) is 0 Å². The highest BCUT2D eigenvalue weighted by atomic mass is 19.1. The summed E-state index contributed by atoms with van der Waals surface area (Å²) in [6.45, 7) is 3.14. The summed E-state index contributed by atoms with van der Waals surface area (Å²) in [5.41, 5.74) is 0.978. The van der Waals surface area contributed by atoms with Gasteiger partial charge in [-0.2, -0.15) is 0 Å². The standard InChI is InChI=1S/C8H8FN3O/c1-4-6-3-7(9)5(2)12(13)8(6)11-10-4/h3H,1-2H3,(H,10,11). The maximum Gasteiger partial charge on any atom is 0.312 e. The zero-order valence-corrected chi connectivity index (χ0v) is 7.26. The van der Waals surface area contributed by atoms with Gasteiger partial charge in [-0.05, 0) is 13.0 Å². The molecule has 13 heavy (non-hydrogen) atoms. The SMILES string of the molecule is Cc1n[nH]c2c1cc(F)c(C)[n+]2[O-]. The number of nitrogens with one attached hydrogen (secondary N) is 1. The molecule has 0 aromatic carbocycles. The molecule has 2 rings (SSSR count). The van der Waals surface area contributed by atoms with Gasteiger partial charge >= 0.3 is 5.65 Å². The Morgan fingerprint density at radius 1 is 1.54 bits per heavy atom. The van der Waals surface area contributed by atoms with Crippen molar-refractivity contribution in [2.45, 2.75) is 13.8 Å². The molecule has 1 N–H and O–H groups in total. The van der Waals surface area contributed by atoms with Gasteiger partial charge in [0.2, 0.25) is 0 Å². The maximum absolute atomic E-state index is 13.1. The molecule has 2 heterocycles. The number of fused-ring (bicyclic) bond motifs is 1. The Balaban J connectivity index is 2.96. The smallest absolute Gasteiger partial charge is 0.312 e. The summed E-state index contributed by atoms with van der Waals surface area (Å²) in [4.78, 5) is 0. The second kappa shape index (κ2) is 2.42. The van der Waals surface area contributed by atoms with Crippen molar-refractivity contribution in [2.75, 3.05) is 0 Å². The van der Waals surface area contributed by atoms with Gasteiger partial charge in [0.1, 0.15) is 5.69 Å². The van der Waals surface area contributed by atoms with Crippen LogP contribution in [0.5, 0.6) is 0 Å². The molecule has 0 saturated heterocycles. The zero-order valence-electron chi connectivity index (χ0n) is 7.26. The quantitative estimate of drug-likeness (QED) is 0.486. The summed E-state index contributed by atoms with van der Waals surface area (Å²) >= 11 is 0. The van der Waals surface area contributed by atoms with Crippen LogP contribution in [0.4, 0.5) is 4.39 Å². The molecular formula is C8H8FN3O. The van der Waals surface area contributed by atoms with E-state index in [0.717, 1.165) is 0 Å². The molecule has 5 heteroatoms. The Kier molecular flexibility index (Phi) is 1.48. The van der Waals surface area contributed by atoms with E-state index < -0.39 is 5.82 Å². The number of hydrogen-bond donors (Lipinski definition) is 1. The Hall–Kier alpha value is -1.65. The number of hydrogen-bond acceptors (Lipinski definition) is 2. The van der Waals surface area contributed by atoms with Crippen LogP contribution >= 0.6 is 0 Å². The van der Waals surface area contributed by atoms with Crippen molar-refractivity contribution in [3.63, 3.8) is 0 Å². The van der Waals surface area contributed by atoms with Crippen LogP contribution in [-0.2, 0) is 0 Å². The second-order valence-corrected chi connectivity index (χ2v) is 2.94. The van der Waals surface area contributed by atoms with Gasteiger partial charge in [-0.15, -0.1) is 5.10 Å². The van der Waals surface area contributed by atoms with E-state index in [1.165, 1.54) is 13.0 Å². The number of nitrogens with zero attached hydrogens (tertiary/aromatic N) is 2. The van der Waals surface area contributed by atoms with Crippen LogP contribution in [0.2, 0.25) is 0 Å². The first-order chi connectivity index (χ1) is 6.11. The number of halogens is 1. The highest BCUT2D eigenvalue weighted by Crippen LogP contribution is 2.14. The van der Waals surface area contributed by atoms with Crippen molar-refractivity contribution in [3.8, 4) is 0 Å². The van der Waals surface area contributed by atoms with Crippen molar-refractivity contribution in [1.82, 2.24) is 10.2 Å². The van der Waals surface area contributed by atoms with Crippen molar-refractivity contribution in [3.05, 3.63) is 28.5 Å². The lowest BCUT2D eigenvalue weighted by molar-refractivity contribution is -0.588. The lowest BCUT2D eigenvalue weighted by Crippen LogP contribution is -2.32. The van der Waals surface area contributed by atoms with Gasteiger partial charge in [0.25, 0.3) is 0 Å². The topological polar surface area (TPSA) is 55.6 Å². The number of aryl methyl sites for hydroxylation is 1. The zero-order chi connectivity index (χ0) is 9.59. The first-order valence-corrected chi connectivity index (χ1v) is 3.84. The van der Waals surface area contributed by atoms with E-state index in [0.29, 0.717) is 21.5 Å². The van der Waals surface area contributed by atoms with Gasteiger partial charge in [0, 0.05) is 6.92 Å². The molecule has 2 aromatic heterocycles. The molecule has 0 spiro atoms. The first kappa shape index (κ1) is 7.97. The third-order valence-corrected chi connectivity index (χ3v) is 2.10. The fourth-order valence-corrected chi connectivity index (χ4v) is 1.25. The summed E-state index contributed by atoms with van der Waals surface area (Å²) in [5, 5.41) is 18.3. The van der Waals surface area contributed by atoms with E-state index in [4.69, 9.17) is 0 Å². The summed E-state index contributed by atoms with van der Waals surface area (Å²) < 4.78 is 13.6. The van der Waals surface area contributed by atoms with Crippen LogP contribution < -0.4 is 4.73 Å². The molecule has 0 bridgehead atoms. The maximum atomic E-state index is 13.1.